The van der Waals surface area contributed by atoms with Crippen molar-refractivity contribution < 1.29 is 5.11 Å². The lowest BCUT2D eigenvalue weighted by Gasteiger charge is -2.34. The molecule has 1 aromatic rings. The lowest BCUT2D eigenvalue weighted by molar-refractivity contribution is 0.244. The molecule has 114 valence electrons. The predicted molar refractivity (Wildman–Crippen MR) is 85.2 cm³/mol. The summed E-state index contributed by atoms with van der Waals surface area (Å²) in [6, 6.07) is 8.51. The van der Waals surface area contributed by atoms with Crippen molar-refractivity contribution >= 4 is 5.69 Å². The summed E-state index contributed by atoms with van der Waals surface area (Å²) in [6.45, 7) is 6.02. The van der Waals surface area contributed by atoms with Crippen molar-refractivity contribution in [3.63, 3.8) is 0 Å². The van der Waals surface area contributed by atoms with E-state index >= 15 is 0 Å². The first-order chi connectivity index (χ1) is 10.3. The molecule has 1 fully saturated rings. The van der Waals surface area contributed by atoms with Crippen LogP contribution in [-0.2, 0) is 6.54 Å². The van der Waals surface area contributed by atoms with Crippen molar-refractivity contribution in [2.45, 2.75) is 32.7 Å². The van der Waals surface area contributed by atoms with Gasteiger partial charge < -0.3 is 15.3 Å². The fourth-order valence-electron chi connectivity index (χ4n) is 3.03. The zero-order valence-electron chi connectivity index (χ0n) is 12.8. The minimum Gasteiger partial charge on any atom is -0.396 e. The van der Waals surface area contributed by atoms with Crippen molar-refractivity contribution in [1.29, 1.82) is 5.26 Å². The lowest BCUT2D eigenvalue weighted by Crippen LogP contribution is -2.36. The zero-order chi connectivity index (χ0) is 15.1. The Balaban J connectivity index is 2.13. The highest BCUT2D eigenvalue weighted by Crippen LogP contribution is 2.28. The van der Waals surface area contributed by atoms with E-state index in [0.717, 1.165) is 55.8 Å². The lowest BCUT2D eigenvalue weighted by atomic mass is 9.94. The van der Waals surface area contributed by atoms with E-state index in [9.17, 15) is 5.26 Å². The molecule has 1 atom stereocenters. The van der Waals surface area contributed by atoms with Gasteiger partial charge in [0.05, 0.1) is 11.3 Å². The Morgan fingerprint density at radius 2 is 2.33 bits per heavy atom. The number of hydrogen-bond donors (Lipinski definition) is 2. The number of anilines is 1. The van der Waals surface area contributed by atoms with E-state index in [1.807, 2.05) is 6.07 Å². The number of nitrogens with one attached hydrogen (secondary N) is 1. The Bertz CT molecular complexity index is 493. The molecule has 1 unspecified atom stereocenters. The predicted octanol–water partition coefficient (Wildman–Crippen LogP) is 2.27. The van der Waals surface area contributed by atoms with Crippen molar-refractivity contribution in [2.24, 2.45) is 5.92 Å². The largest absolute Gasteiger partial charge is 0.396 e. The van der Waals surface area contributed by atoms with E-state index in [1.54, 1.807) is 0 Å². The molecule has 4 heteroatoms. The van der Waals surface area contributed by atoms with Crippen LogP contribution in [0.25, 0.3) is 0 Å². The van der Waals surface area contributed by atoms with Gasteiger partial charge in [-0.25, -0.2) is 0 Å². The van der Waals surface area contributed by atoms with Crippen LogP contribution in [0.3, 0.4) is 0 Å². The van der Waals surface area contributed by atoms with Crippen LogP contribution in [-0.4, -0.2) is 31.3 Å². The van der Waals surface area contributed by atoms with Crippen LogP contribution in [0.5, 0.6) is 0 Å². The van der Waals surface area contributed by atoms with E-state index in [2.05, 4.69) is 35.3 Å². The summed E-state index contributed by atoms with van der Waals surface area (Å²) in [4.78, 5) is 2.30. The van der Waals surface area contributed by atoms with Crippen LogP contribution in [0.15, 0.2) is 18.2 Å². The second-order valence-corrected chi connectivity index (χ2v) is 5.71. The Morgan fingerprint density at radius 1 is 1.48 bits per heavy atom. The van der Waals surface area contributed by atoms with Gasteiger partial charge in [0, 0.05) is 26.2 Å². The third-order valence-electron chi connectivity index (χ3n) is 4.16. The van der Waals surface area contributed by atoms with Crippen LogP contribution in [0.2, 0.25) is 0 Å². The number of rotatable bonds is 6. The molecule has 4 nitrogen and oxygen atoms in total. The number of aliphatic hydroxyl groups excluding tert-OH is 1. The van der Waals surface area contributed by atoms with Gasteiger partial charge in [-0.1, -0.05) is 13.0 Å². The molecule has 0 radical (unpaired) electrons. The molecule has 0 bridgehead atoms. The van der Waals surface area contributed by atoms with Gasteiger partial charge in [0.2, 0.25) is 0 Å². The standard InChI is InChI=1S/C17H25N3O/c1-2-19-12-15-5-6-17(16(10-15)11-18)20-8-3-4-14(13-20)7-9-21/h5-6,10,14,19,21H,2-4,7-9,12-13H2,1H3. The maximum Gasteiger partial charge on any atom is 0.101 e. The first-order valence-electron chi connectivity index (χ1n) is 7.88. The molecular weight excluding hydrogens is 262 g/mol. The molecule has 0 spiro atoms. The van der Waals surface area contributed by atoms with Gasteiger partial charge in [-0.15, -0.1) is 0 Å². The molecule has 0 amide bonds. The van der Waals surface area contributed by atoms with Gasteiger partial charge in [-0.05, 0) is 49.4 Å². The maximum absolute atomic E-state index is 9.43. The molecule has 1 saturated heterocycles. The summed E-state index contributed by atoms with van der Waals surface area (Å²) in [6.07, 6.45) is 3.17. The molecule has 2 N–H and O–H groups in total. The summed E-state index contributed by atoms with van der Waals surface area (Å²) >= 11 is 0. The minimum absolute atomic E-state index is 0.255. The van der Waals surface area contributed by atoms with E-state index in [-0.39, 0.29) is 6.61 Å². The molecule has 1 aromatic carbocycles. The first-order valence-corrected chi connectivity index (χ1v) is 7.88. The second-order valence-electron chi connectivity index (χ2n) is 5.71. The summed E-state index contributed by atoms with van der Waals surface area (Å²) < 4.78 is 0. The van der Waals surface area contributed by atoms with Gasteiger partial charge in [-0.2, -0.15) is 5.26 Å². The van der Waals surface area contributed by atoms with Crippen molar-refractivity contribution in [1.82, 2.24) is 5.32 Å². The van der Waals surface area contributed by atoms with Gasteiger partial charge in [0.25, 0.3) is 0 Å². The highest BCUT2D eigenvalue weighted by Gasteiger charge is 2.21. The Morgan fingerprint density at radius 3 is 3.05 bits per heavy atom. The van der Waals surface area contributed by atoms with Crippen LogP contribution >= 0.6 is 0 Å². The fraction of sp³-hybridized carbons (Fsp3) is 0.588. The van der Waals surface area contributed by atoms with E-state index < -0.39 is 0 Å². The van der Waals surface area contributed by atoms with Crippen LogP contribution < -0.4 is 10.2 Å². The average molecular weight is 287 g/mol. The number of benzene rings is 1. The molecule has 0 saturated carbocycles. The monoisotopic (exact) mass is 287 g/mol. The third-order valence-corrected chi connectivity index (χ3v) is 4.16. The SMILES string of the molecule is CCNCc1ccc(N2CCCC(CCO)C2)c(C#N)c1. The highest BCUT2D eigenvalue weighted by atomic mass is 16.3. The van der Waals surface area contributed by atoms with Crippen molar-refractivity contribution in [2.75, 3.05) is 31.1 Å². The minimum atomic E-state index is 0.255. The smallest absolute Gasteiger partial charge is 0.101 e. The zero-order valence-corrected chi connectivity index (χ0v) is 12.8. The normalized spacial score (nSPS) is 18.5. The summed E-state index contributed by atoms with van der Waals surface area (Å²) in [7, 11) is 0. The van der Waals surface area contributed by atoms with Crippen molar-refractivity contribution in [3.8, 4) is 6.07 Å². The quantitative estimate of drug-likeness (QED) is 0.842. The van der Waals surface area contributed by atoms with E-state index in [1.165, 1.54) is 6.42 Å². The number of nitrogens with zero attached hydrogens (tertiary/aromatic N) is 2. The van der Waals surface area contributed by atoms with Crippen LogP contribution in [0.4, 0.5) is 5.69 Å². The second kappa shape index (κ2) is 8.02. The first kappa shape index (κ1) is 15.8. The Labute approximate surface area is 127 Å². The number of nitriles is 1. The summed E-state index contributed by atoms with van der Waals surface area (Å²) in [5.74, 6) is 0.539. The summed E-state index contributed by atoms with van der Waals surface area (Å²) in [5, 5.41) is 21.8. The van der Waals surface area contributed by atoms with Gasteiger partial charge in [0.15, 0.2) is 0 Å². The molecule has 1 aliphatic heterocycles. The molecule has 1 heterocycles. The number of piperidine rings is 1. The summed E-state index contributed by atoms with van der Waals surface area (Å²) in [5.41, 5.74) is 2.96. The van der Waals surface area contributed by atoms with Gasteiger partial charge in [0.1, 0.15) is 6.07 Å². The highest BCUT2D eigenvalue weighted by molar-refractivity contribution is 5.60. The van der Waals surface area contributed by atoms with Crippen molar-refractivity contribution in [3.05, 3.63) is 29.3 Å². The molecule has 2 rings (SSSR count). The van der Waals surface area contributed by atoms with Gasteiger partial charge in [-0.3, -0.25) is 0 Å². The molecule has 0 aliphatic carbocycles. The average Bonchev–Trinajstić information content (AvgIpc) is 2.53. The molecule has 0 aromatic heterocycles. The number of hydrogen-bond acceptors (Lipinski definition) is 4. The molecular formula is C17H25N3O. The molecule has 21 heavy (non-hydrogen) atoms. The fourth-order valence-corrected chi connectivity index (χ4v) is 3.03. The topological polar surface area (TPSA) is 59.3 Å². The van der Waals surface area contributed by atoms with Crippen LogP contribution in [0.1, 0.15) is 37.3 Å². The van der Waals surface area contributed by atoms with E-state index in [4.69, 9.17) is 5.11 Å². The third kappa shape index (κ3) is 4.20. The molecule has 1 aliphatic rings. The van der Waals surface area contributed by atoms with Gasteiger partial charge >= 0.3 is 0 Å². The van der Waals surface area contributed by atoms with E-state index in [0.29, 0.717) is 5.92 Å². The number of aliphatic hydroxyl groups is 1. The Kier molecular flexibility index (Phi) is 6.04. The maximum atomic E-state index is 9.43. The Hall–Kier alpha value is -1.57. The van der Waals surface area contributed by atoms with Crippen LogP contribution in [0, 0.1) is 17.2 Å².